The molecule has 17 heavy (non-hydrogen) atoms. The highest BCUT2D eigenvalue weighted by atomic mass is 79.9. The zero-order chi connectivity index (χ0) is 12.4. The summed E-state index contributed by atoms with van der Waals surface area (Å²) in [5, 5.41) is 4.55. The van der Waals surface area contributed by atoms with Crippen LogP contribution in [0.15, 0.2) is 34.8 Å². The Morgan fingerprint density at radius 3 is 2.47 bits per heavy atom. The number of nitrogens with zero attached hydrogens (tertiary/aromatic N) is 2. The van der Waals surface area contributed by atoms with Crippen LogP contribution in [0.3, 0.4) is 0 Å². The SMILES string of the molecule is CC(C)c1nn(Cc2ccccc2)c(N)c1Br. The summed E-state index contributed by atoms with van der Waals surface area (Å²) in [5.41, 5.74) is 8.25. The fourth-order valence-electron chi connectivity index (χ4n) is 1.72. The van der Waals surface area contributed by atoms with Gasteiger partial charge in [-0.3, -0.25) is 0 Å². The predicted molar refractivity (Wildman–Crippen MR) is 74.0 cm³/mol. The summed E-state index contributed by atoms with van der Waals surface area (Å²) >= 11 is 3.51. The lowest BCUT2D eigenvalue weighted by Crippen LogP contribution is -2.06. The van der Waals surface area contributed by atoms with Crippen LogP contribution in [0.1, 0.15) is 31.0 Å². The molecule has 0 aliphatic rings. The Balaban J connectivity index is 2.31. The summed E-state index contributed by atoms with van der Waals surface area (Å²) in [7, 11) is 0. The second kappa shape index (κ2) is 4.92. The number of nitrogen functional groups attached to an aromatic ring is 1. The number of benzene rings is 1. The van der Waals surface area contributed by atoms with E-state index in [4.69, 9.17) is 5.73 Å². The molecule has 0 radical (unpaired) electrons. The van der Waals surface area contributed by atoms with Gasteiger partial charge < -0.3 is 5.73 Å². The van der Waals surface area contributed by atoms with Crippen molar-refractivity contribution in [2.24, 2.45) is 0 Å². The first kappa shape index (κ1) is 12.2. The molecule has 4 heteroatoms. The quantitative estimate of drug-likeness (QED) is 0.943. The van der Waals surface area contributed by atoms with Crippen LogP contribution >= 0.6 is 15.9 Å². The summed E-state index contributed by atoms with van der Waals surface area (Å²) in [5.74, 6) is 1.06. The van der Waals surface area contributed by atoms with E-state index in [0.717, 1.165) is 10.2 Å². The molecule has 3 nitrogen and oxygen atoms in total. The van der Waals surface area contributed by atoms with E-state index in [-0.39, 0.29) is 0 Å². The monoisotopic (exact) mass is 293 g/mol. The topological polar surface area (TPSA) is 43.8 Å². The van der Waals surface area contributed by atoms with E-state index in [1.54, 1.807) is 0 Å². The van der Waals surface area contributed by atoms with Gasteiger partial charge in [-0.25, -0.2) is 4.68 Å². The Hall–Kier alpha value is -1.29. The highest BCUT2D eigenvalue weighted by Gasteiger charge is 2.15. The maximum Gasteiger partial charge on any atom is 0.136 e. The van der Waals surface area contributed by atoms with Crippen LogP contribution in [0, 0.1) is 0 Å². The molecule has 0 spiro atoms. The molecule has 0 atom stereocenters. The number of anilines is 1. The van der Waals surface area contributed by atoms with Crippen LogP contribution < -0.4 is 5.73 Å². The van der Waals surface area contributed by atoms with Gasteiger partial charge in [-0.15, -0.1) is 0 Å². The Labute approximate surface area is 110 Å². The van der Waals surface area contributed by atoms with Gasteiger partial charge in [0.2, 0.25) is 0 Å². The molecule has 2 rings (SSSR count). The molecular weight excluding hydrogens is 278 g/mol. The molecule has 0 saturated heterocycles. The van der Waals surface area contributed by atoms with E-state index >= 15 is 0 Å². The van der Waals surface area contributed by atoms with Crippen LogP contribution in [0.4, 0.5) is 5.82 Å². The van der Waals surface area contributed by atoms with Gasteiger partial charge in [-0.1, -0.05) is 44.2 Å². The van der Waals surface area contributed by atoms with E-state index in [2.05, 4.69) is 47.0 Å². The molecule has 1 heterocycles. The van der Waals surface area contributed by atoms with Crippen molar-refractivity contribution in [2.45, 2.75) is 26.3 Å². The third kappa shape index (κ3) is 2.52. The lowest BCUT2D eigenvalue weighted by Gasteiger charge is -2.03. The van der Waals surface area contributed by atoms with Crippen molar-refractivity contribution >= 4 is 21.7 Å². The predicted octanol–water partition coefficient (Wildman–Crippen LogP) is 3.40. The minimum atomic E-state index is 0.365. The van der Waals surface area contributed by atoms with Crippen molar-refractivity contribution in [3.05, 3.63) is 46.1 Å². The van der Waals surface area contributed by atoms with Gasteiger partial charge in [0.1, 0.15) is 5.82 Å². The van der Waals surface area contributed by atoms with Gasteiger partial charge >= 0.3 is 0 Å². The second-order valence-electron chi connectivity index (χ2n) is 4.38. The van der Waals surface area contributed by atoms with Gasteiger partial charge in [0, 0.05) is 0 Å². The molecule has 1 aromatic carbocycles. The zero-order valence-electron chi connectivity index (χ0n) is 10.0. The molecule has 0 aliphatic heterocycles. The Bertz CT molecular complexity index is 503. The average molecular weight is 294 g/mol. The Morgan fingerprint density at radius 1 is 1.29 bits per heavy atom. The summed E-state index contributed by atoms with van der Waals surface area (Å²) in [6.07, 6.45) is 0. The fraction of sp³-hybridized carbons (Fsp3) is 0.308. The Kier molecular flexibility index (Phi) is 3.52. The van der Waals surface area contributed by atoms with Gasteiger partial charge in [0.05, 0.1) is 16.7 Å². The summed E-state index contributed by atoms with van der Waals surface area (Å²) < 4.78 is 2.76. The van der Waals surface area contributed by atoms with E-state index in [9.17, 15) is 0 Å². The van der Waals surface area contributed by atoms with Crippen LogP contribution in [0.2, 0.25) is 0 Å². The molecule has 0 saturated carbocycles. The molecule has 0 bridgehead atoms. The molecule has 0 amide bonds. The molecular formula is C13H16BrN3. The van der Waals surface area contributed by atoms with E-state index in [1.807, 2.05) is 22.9 Å². The number of nitrogens with two attached hydrogens (primary N) is 1. The number of hydrogen-bond acceptors (Lipinski definition) is 2. The van der Waals surface area contributed by atoms with E-state index in [1.165, 1.54) is 5.56 Å². The minimum absolute atomic E-state index is 0.365. The molecule has 0 fully saturated rings. The lowest BCUT2D eigenvalue weighted by molar-refractivity contribution is 0.664. The van der Waals surface area contributed by atoms with Crippen LogP contribution in [-0.4, -0.2) is 9.78 Å². The van der Waals surface area contributed by atoms with Crippen molar-refractivity contribution in [3.63, 3.8) is 0 Å². The van der Waals surface area contributed by atoms with Crippen molar-refractivity contribution in [1.82, 2.24) is 9.78 Å². The Morgan fingerprint density at radius 2 is 1.94 bits per heavy atom. The van der Waals surface area contributed by atoms with Crippen molar-refractivity contribution < 1.29 is 0 Å². The summed E-state index contributed by atoms with van der Waals surface area (Å²) in [6, 6.07) is 10.2. The first-order valence-electron chi connectivity index (χ1n) is 5.65. The smallest absolute Gasteiger partial charge is 0.136 e. The third-order valence-corrected chi connectivity index (χ3v) is 3.49. The summed E-state index contributed by atoms with van der Waals surface area (Å²) in [4.78, 5) is 0. The summed E-state index contributed by atoms with van der Waals surface area (Å²) in [6.45, 7) is 4.93. The molecule has 2 N–H and O–H groups in total. The molecule has 0 aliphatic carbocycles. The van der Waals surface area contributed by atoms with Crippen LogP contribution in [0.5, 0.6) is 0 Å². The standard InChI is InChI=1S/C13H16BrN3/c1-9(2)12-11(14)13(15)17(16-12)8-10-6-4-3-5-7-10/h3-7,9H,8,15H2,1-2H3. The molecule has 90 valence electrons. The number of hydrogen-bond donors (Lipinski definition) is 1. The van der Waals surface area contributed by atoms with Gasteiger partial charge in [0.25, 0.3) is 0 Å². The van der Waals surface area contributed by atoms with Crippen molar-refractivity contribution in [1.29, 1.82) is 0 Å². The average Bonchev–Trinajstić information content (AvgIpc) is 2.59. The largest absolute Gasteiger partial charge is 0.383 e. The van der Waals surface area contributed by atoms with Gasteiger partial charge in [0.15, 0.2) is 0 Å². The lowest BCUT2D eigenvalue weighted by atomic mass is 10.1. The molecule has 2 aromatic rings. The maximum absolute atomic E-state index is 6.04. The van der Waals surface area contributed by atoms with Crippen LogP contribution in [-0.2, 0) is 6.54 Å². The maximum atomic E-state index is 6.04. The fourth-order valence-corrected chi connectivity index (χ4v) is 2.46. The normalized spacial score (nSPS) is 11.1. The first-order chi connectivity index (χ1) is 8.09. The minimum Gasteiger partial charge on any atom is -0.383 e. The van der Waals surface area contributed by atoms with E-state index < -0.39 is 0 Å². The van der Waals surface area contributed by atoms with Gasteiger partial charge in [-0.2, -0.15) is 5.10 Å². The molecule has 1 aromatic heterocycles. The second-order valence-corrected chi connectivity index (χ2v) is 5.18. The number of rotatable bonds is 3. The first-order valence-corrected chi connectivity index (χ1v) is 6.44. The number of halogens is 1. The highest BCUT2D eigenvalue weighted by molar-refractivity contribution is 9.10. The molecule has 0 unspecified atom stereocenters. The zero-order valence-corrected chi connectivity index (χ0v) is 11.6. The van der Waals surface area contributed by atoms with Crippen molar-refractivity contribution in [3.8, 4) is 0 Å². The third-order valence-electron chi connectivity index (χ3n) is 2.68. The van der Waals surface area contributed by atoms with E-state index in [0.29, 0.717) is 18.3 Å². The van der Waals surface area contributed by atoms with Crippen LogP contribution in [0.25, 0.3) is 0 Å². The van der Waals surface area contributed by atoms with Crippen molar-refractivity contribution in [2.75, 3.05) is 5.73 Å². The highest BCUT2D eigenvalue weighted by Crippen LogP contribution is 2.29. The number of aromatic nitrogens is 2. The van der Waals surface area contributed by atoms with Gasteiger partial charge in [-0.05, 0) is 27.4 Å².